The fraction of sp³-hybridized carbons (Fsp3) is 0.938. The van der Waals surface area contributed by atoms with Gasteiger partial charge in [0, 0.05) is 0 Å². The lowest BCUT2D eigenvalue weighted by atomic mass is 9.67. The van der Waals surface area contributed by atoms with Gasteiger partial charge in [-0.25, -0.2) is 0 Å². The van der Waals surface area contributed by atoms with Crippen LogP contribution in [0, 0.1) is 22.7 Å². The summed E-state index contributed by atoms with van der Waals surface area (Å²) in [5.74, 6) is 0.875. The Morgan fingerprint density at radius 3 is 2.44 bits per heavy atom. The molecule has 0 aromatic heterocycles. The van der Waals surface area contributed by atoms with E-state index in [4.69, 9.17) is 4.74 Å². The monoisotopic (exact) mass is 249 g/mol. The average Bonchev–Trinajstić information content (AvgIpc) is 2.78. The minimum Gasteiger partial charge on any atom is -0.375 e. The molecule has 1 aliphatic heterocycles. The van der Waals surface area contributed by atoms with Gasteiger partial charge in [0.1, 0.15) is 0 Å². The summed E-state index contributed by atoms with van der Waals surface area (Å²) in [5.41, 5.74) is -0.0705. The van der Waals surface area contributed by atoms with E-state index in [2.05, 4.69) is 19.9 Å². The second kappa shape index (κ2) is 6.06. The normalized spacial score (nSPS) is 40.6. The van der Waals surface area contributed by atoms with Gasteiger partial charge in [0.15, 0.2) is 0 Å². The molecule has 0 radical (unpaired) electrons. The molecule has 2 unspecified atom stereocenters. The Morgan fingerprint density at radius 2 is 1.94 bits per heavy atom. The topological polar surface area (TPSA) is 33.0 Å². The highest BCUT2D eigenvalue weighted by molar-refractivity contribution is 5.03. The van der Waals surface area contributed by atoms with Crippen LogP contribution in [-0.4, -0.2) is 12.2 Å². The highest BCUT2D eigenvalue weighted by atomic mass is 16.5. The molecule has 2 aliphatic rings. The van der Waals surface area contributed by atoms with E-state index in [9.17, 15) is 5.26 Å². The Balaban J connectivity index is 1.87. The van der Waals surface area contributed by atoms with Gasteiger partial charge in [-0.15, -0.1) is 0 Å². The molecule has 2 atom stereocenters. The predicted molar refractivity (Wildman–Crippen MR) is 73.1 cm³/mol. The summed E-state index contributed by atoms with van der Waals surface area (Å²) in [5, 5.41) is 9.58. The van der Waals surface area contributed by atoms with Crippen molar-refractivity contribution >= 4 is 0 Å². The third-order valence-electron chi connectivity index (χ3n) is 4.93. The molecule has 102 valence electrons. The zero-order valence-electron chi connectivity index (χ0n) is 12.0. The summed E-state index contributed by atoms with van der Waals surface area (Å²) in [6, 6.07) is 2.64. The lowest BCUT2D eigenvalue weighted by molar-refractivity contribution is 0.0213. The van der Waals surface area contributed by atoms with Crippen molar-refractivity contribution in [2.75, 3.05) is 0 Å². The Kier molecular flexibility index (Phi) is 4.67. The van der Waals surface area contributed by atoms with E-state index in [1.807, 2.05) is 0 Å². The van der Waals surface area contributed by atoms with Gasteiger partial charge in [0.05, 0.1) is 23.7 Å². The van der Waals surface area contributed by atoms with Crippen LogP contribution in [0.5, 0.6) is 0 Å². The van der Waals surface area contributed by atoms with Crippen molar-refractivity contribution in [3.63, 3.8) is 0 Å². The largest absolute Gasteiger partial charge is 0.375 e. The maximum absolute atomic E-state index is 9.58. The van der Waals surface area contributed by atoms with E-state index in [0.29, 0.717) is 12.2 Å². The smallest absolute Gasteiger partial charge is 0.0690 e. The van der Waals surface area contributed by atoms with Crippen molar-refractivity contribution in [2.24, 2.45) is 11.3 Å². The average molecular weight is 249 g/mol. The molecule has 2 nitrogen and oxygen atoms in total. The van der Waals surface area contributed by atoms with Crippen molar-refractivity contribution < 1.29 is 4.74 Å². The highest BCUT2D eigenvalue weighted by Gasteiger charge is 2.39. The molecule has 1 saturated carbocycles. The van der Waals surface area contributed by atoms with Crippen molar-refractivity contribution in [1.82, 2.24) is 0 Å². The van der Waals surface area contributed by atoms with Crippen molar-refractivity contribution in [3.8, 4) is 6.07 Å². The second-order valence-electron chi connectivity index (χ2n) is 6.47. The van der Waals surface area contributed by atoms with Gasteiger partial charge in [-0.3, -0.25) is 0 Å². The standard InChI is InChI=1S/C16H27NO/c1-3-4-14-7-9-16(12-17,10-8-14)11-15-6-5-13(2)18-15/h13-15H,3-11H2,1-2H3. The van der Waals surface area contributed by atoms with Crippen LogP contribution in [0.3, 0.4) is 0 Å². The third kappa shape index (κ3) is 3.26. The molecule has 2 heteroatoms. The first-order chi connectivity index (χ1) is 8.67. The molecular weight excluding hydrogens is 222 g/mol. The van der Waals surface area contributed by atoms with E-state index < -0.39 is 0 Å². The van der Waals surface area contributed by atoms with Crippen LogP contribution in [-0.2, 0) is 4.74 Å². The molecule has 18 heavy (non-hydrogen) atoms. The van der Waals surface area contributed by atoms with Gasteiger partial charge in [0.25, 0.3) is 0 Å². The molecule has 2 rings (SSSR count). The molecule has 2 fully saturated rings. The Hall–Kier alpha value is -0.550. The van der Waals surface area contributed by atoms with Crippen molar-refractivity contribution in [1.29, 1.82) is 5.26 Å². The number of nitriles is 1. The van der Waals surface area contributed by atoms with Crippen LogP contribution in [0.1, 0.15) is 71.6 Å². The predicted octanol–water partition coefficient (Wildman–Crippen LogP) is 4.44. The van der Waals surface area contributed by atoms with Crippen LogP contribution >= 0.6 is 0 Å². The van der Waals surface area contributed by atoms with Gasteiger partial charge >= 0.3 is 0 Å². The molecule has 1 aliphatic carbocycles. The lowest BCUT2D eigenvalue weighted by Crippen LogP contribution is -2.30. The number of nitrogens with zero attached hydrogens (tertiary/aromatic N) is 1. The first-order valence-electron chi connectivity index (χ1n) is 7.74. The van der Waals surface area contributed by atoms with E-state index in [0.717, 1.165) is 31.6 Å². The van der Waals surface area contributed by atoms with E-state index in [1.54, 1.807) is 0 Å². The summed E-state index contributed by atoms with van der Waals surface area (Å²) in [6.45, 7) is 4.41. The minimum absolute atomic E-state index is 0.0705. The maximum Gasteiger partial charge on any atom is 0.0690 e. The first-order valence-corrected chi connectivity index (χ1v) is 7.74. The van der Waals surface area contributed by atoms with Crippen molar-refractivity contribution in [3.05, 3.63) is 0 Å². The molecule has 0 bridgehead atoms. The Labute approximate surface area is 112 Å². The van der Waals surface area contributed by atoms with E-state index in [1.165, 1.54) is 32.1 Å². The van der Waals surface area contributed by atoms with Crippen molar-refractivity contribution in [2.45, 2.75) is 83.8 Å². The zero-order valence-corrected chi connectivity index (χ0v) is 12.0. The van der Waals surface area contributed by atoms with E-state index >= 15 is 0 Å². The number of ether oxygens (including phenoxy) is 1. The maximum atomic E-state index is 9.58. The summed E-state index contributed by atoms with van der Waals surface area (Å²) < 4.78 is 5.91. The molecule has 0 aromatic carbocycles. The van der Waals surface area contributed by atoms with Crippen LogP contribution in [0.15, 0.2) is 0 Å². The van der Waals surface area contributed by atoms with Gasteiger partial charge in [-0.1, -0.05) is 19.8 Å². The number of hydrogen-bond acceptors (Lipinski definition) is 2. The van der Waals surface area contributed by atoms with Crippen LogP contribution in [0.4, 0.5) is 0 Å². The van der Waals surface area contributed by atoms with Gasteiger partial charge in [0.2, 0.25) is 0 Å². The molecule has 0 aromatic rings. The molecule has 1 saturated heterocycles. The van der Waals surface area contributed by atoms with Crippen LogP contribution in [0.25, 0.3) is 0 Å². The van der Waals surface area contributed by atoms with E-state index in [-0.39, 0.29) is 5.41 Å². The number of hydrogen-bond donors (Lipinski definition) is 0. The van der Waals surface area contributed by atoms with Gasteiger partial charge in [-0.2, -0.15) is 5.26 Å². The summed E-state index contributed by atoms with van der Waals surface area (Å²) in [7, 11) is 0. The number of rotatable bonds is 4. The molecule has 0 N–H and O–H groups in total. The lowest BCUT2D eigenvalue weighted by Gasteiger charge is -2.36. The van der Waals surface area contributed by atoms with Crippen LogP contribution < -0.4 is 0 Å². The van der Waals surface area contributed by atoms with Gasteiger partial charge < -0.3 is 4.74 Å². The Morgan fingerprint density at radius 1 is 1.22 bits per heavy atom. The second-order valence-corrected chi connectivity index (χ2v) is 6.47. The molecule has 0 spiro atoms. The van der Waals surface area contributed by atoms with Crippen LogP contribution in [0.2, 0.25) is 0 Å². The van der Waals surface area contributed by atoms with Gasteiger partial charge in [-0.05, 0) is 57.8 Å². The Bertz CT molecular complexity index is 299. The highest BCUT2D eigenvalue weighted by Crippen LogP contribution is 2.44. The molecule has 0 amide bonds. The summed E-state index contributed by atoms with van der Waals surface area (Å²) in [6.07, 6.45) is 11.4. The molecular formula is C16H27NO. The zero-order chi connectivity index (χ0) is 13.0. The summed E-state index contributed by atoms with van der Waals surface area (Å²) in [4.78, 5) is 0. The first kappa shape index (κ1) is 13.9. The molecule has 1 heterocycles. The third-order valence-corrected chi connectivity index (χ3v) is 4.93. The quantitative estimate of drug-likeness (QED) is 0.737. The fourth-order valence-corrected chi connectivity index (χ4v) is 3.76. The fourth-order valence-electron chi connectivity index (χ4n) is 3.76. The SMILES string of the molecule is CCCC1CCC(C#N)(CC2CCC(C)O2)CC1. The summed E-state index contributed by atoms with van der Waals surface area (Å²) >= 11 is 0. The minimum atomic E-state index is -0.0705.